The Morgan fingerprint density at radius 3 is 2.54 bits per heavy atom. The summed E-state index contributed by atoms with van der Waals surface area (Å²) in [6, 6.07) is 11.7. The third-order valence-electron chi connectivity index (χ3n) is 5.99. The molecule has 0 amide bonds. The Balaban J connectivity index is 1.54. The van der Waals surface area contributed by atoms with Crippen LogP contribution in [0.1, 0.15) is 22.9 Å². The van der Waals surface area contributed by atoms with Crippen LogP contribution in [0.25, 0.3) is 16.6 Å². The van der Waals surface area contributed by atoms with Crippen LogP contribution in [0, 0.1) is 18.6 Å². The number of phenolic OH excluding ortho intramolecular Hbond substituents is 1. The fourth-order valence-corrected chi connectivity index (χ4v) is 4.21. The number of ether oxygens (including phenoxy) is 1. The number of nitrogens with zero attached hydrogens (tertiary/aromatic N) is 4. The van der Waals surface area contributed by atoms with Crippen molar-refractivity contribution in [2.24, 2.45) is 0 Å². The van der Waals surface area contributed by atoms with E-state index in [0.717, 1.165) is 10.2 Å². The molecule has 3 heterocycles. The van der Waals surface area contributed by atoms with E-state index in [1.165, 1.54) is 6.20 Å². The topological polar surface area (TPSA) is 63.4 Å². The lowest BCUT2D eigenvalue weighted by Gasteiger charge is -2.34. The number of hydrogen-bond acceptors (Lipinski definition) is 5. The zero-order valence-corrected chi connectivity index (χ0v) is 18.4. The van der Waals surface area contributed by atoms with Gasteiger partial charge in [-0.25, -0.2) is 18.4 Å². The number of benzene rings is 2. The van der Waals surface area contributed by atoms with E-state index in [-0.39, 0.29) is 17.7 Å². The van der Waals surface area contributed by atoms with Gasteiger partial charge in [-0.2, -0.15) is 18.3 Å². The predicted molar refractivity (Wildman–Crippen MR) is 118 cm³/mol. The van der Waals surface area contributed by atoms with Gasteiger partial charge in [0.15, 0.2) is 17.4 Å². The molecule has 0 radical (unpaired) electrons. The van der Waals surface area contributed by atoms with E-state index >= 15 is 0 Å². The summed E-state index contributed by atoms with van der Waals surface area (Å²) < 4.78 is 75.1. The lowest BCUT2D eigenvalue weighted by Crippen LogP contribution is -2.38. The molecule has 1 unspecified atom stereocenters. The number of aryl methyl sites for hydroxylation is 1. The van der Waals surface area contributed by atoms with Gasteiger partial charge in [-0.05, 0) is 24.6 Å². The van der Waals surface area contributed by atoms with Crippen molar-refractivity contribution in [2.45, 2.75) is 19.2 Å². The number of phenols is 1. The maximum atomic E-state index is 14.7. The molecule has 0 aliphatic carbocycles. The van der Waals surface area contributed by atoms with Gasteiger partial charge >= 0.3 is 6.18 Å². The smallest absolute Gasteiger partial charge is 0.419 e. The monoisotopic (exact) mass is 490 g/mol. The number of aromatic hydroxyl groups is 1. The molecule has 0 bridgehead atoms. The number of hydrogen-bond donors (Lipinski definition) is 1. The van der Waals surface area contributed by atoms with Crippen molar-refractivity contribution in [3.63, 3.8) is 0 Å². The van der Waals surface area contributed by atoms with Crippen LogP contribution >= 0.6 is 0 Å². The molecule has 2 aromatic heterocycles. The molecule has 1 fully saturated rings. The van der Waals surface area contributed by atoms with Gasteiger partial charge in [-0.1, -0.05) is 30.3 Å². The highest BCUT2D eigenvalue weighted by Crippen LogP contribution is 2.39. The average molecular weight is 490 g/mol. The summed E-state index contributed by atoms with van der Waals surface area (Å²) in [4.78, 5) is 6.44. The minimum Gasteiger partial charge on any atom is -0.503 e. The largest absolute Gasteiger partial charge is 0.503 e. The molecule has 1 aliphatic rings. The van der Waals surface area contributed by atoms with Crippen molar-refractivity contribution >= 4 is 16.7 Å². The molecule has 1 saturated heterocycles. The van der Waals surface area contributed by atoms with Crippen LogP contribution in [0.15, 0.2) is 48.7 Å². The SMILES string of the molecule is Cc1nn(-c2cc(C(F)(F)F)c(F)c(O)c2F)c2cnc(N3CCOC(c4ccccc4)C3)cc12. The third-order valence-corrected chi connectivity index (χ3v) is 5.99. The predicted octanol–water partition coefficient (Wildman–Crippen LogP) is 5.31. The van der Waals surface area contributed by atoms with Gasteiger partial charge in [0.05, 0.1) is 29.6 Å². The zero-order valence-electron chi connectivity index (χ0n) is 18.4. The average Bonchev–Trinajstić information content (AvgIpc) is 3.18. The van der Waals surface area contributed by atoms with Crippen molar-refractivity contribution in [1.82, 2.24) is 14.8 Å². The second kappa shape index (κ2) is 8.49. The highest BCUT2D eigenvalue weighted by Gasteiger charge is 2.38. The summed E-state index contributed by atoms with van der Waals surface area (Å²) in [5.41, 5.74) is -0.906. The molecule has 5 rings (SSSR count). The molecule has 1 N–H and O–H groups in total. The second-order valence-corrected chi connectivity index (χ2v) is 8.19. The first-order valence-electron chi connectivity index (χ1n) is 10.7. The summed E-state index contributed by atoms with van der Waals surface area (Å²) in [5, 5.41) is 14.4. The van der Waals surface area contributed by atoms with E-state index < -0.39 is 34.8 Å². The third kappa shape index (κ3) is 4.05. The molecule has 11 heteroatoms. The lowest BCUT2D eigenvalue weighted by molar-refractivity contribution is -0.140. The highest BCUT2D eigenvalue weighted by atomic mass is 19.4. The lowest BCUT2D eigenvalue weighted by atomic mass is 10.1. The van der Waals surface area contributed by atoms with Crippen molar-refractivity contribution in [1.29, 1.82) is 0 Å². The van der Waals surface area contributed by atoms with E-state index in [1.807, 2.05) is 35.2 Å². The molecule has 6 nitrogen and oxygen atoms in total. The second-order valence-electron chi connectivity index (χ2n) is 8.19. The molecule has 182 valence electrons. The fourth-order valence-electron chi connectivity index (χ4n) is 4.21. The van der Waals surface area contributed by atoms with Gasteiger partial charge in [0.2, 0.25) is 0 Å². The van der Waals surface area contributed by atoms with Crippen LogP contribution in [0.5, 0.6) is 5.75 Å². The highest BCUT2D eigenvalue weighted by molar-refractivity contribution is 5.85. The van der Waals surface area contributed by atoms with Crippen molar-refractivity contribution in [2.75, 3.05) is 24.6 Å². The first-order valence-corrected chi connectivity index (χ1v) is 10.7. The summed E-state index contributed by atoms with van der Waals surface area (Å²) in [6.07, 6.45) is -3.94. The Hall–Kier alpha value is -3.73. The maximum Gasteiger partial charge on any atom is 0.419 e. The number of pyridine rings is 1. The molecule has 4 aromatic rings. The Morgan fingerprint density at radius 1 is 1.09 bits per heavy atom. The van der Waals surface area contributed by atoms with E-state index in [2.05, 4.69) is 10.1 Å². The zero-order chi connectivity index (χ0) is 24.9. The van der Waals surface area contributed by atoms with Crippen LogP contribution in [0.2, 0.25) is 0 Å². The quantitative estimate of drug-likeness (QED) is 0.395. The standard InChI is InChI=1S/C24H19F5N4O2/c1-13-15-9-20(32-7-8-35-19(12-32)14-5-3-2-4-6-14)30-11-18(15)33(31-13)17-10-16(24(27,28)29)21(25)23(34)22(17)26/h2-6,9-11,19,34H,7-8,12H2,1H3. The van der Waals surface area contributed by atoms with E-state index in [0.29, 0.717) is 36.6 Å². The maximum absolute atomic E-state index is 14.7. The number of halogens is 5. The number of rotatable bonds is 3. The molecule has 1 atom stereocenters. The van der Waals surface area contributed by atoms with Crippen LogP contribution in [-0.2, 0) is 10.9 Å². The minimum atomic E-state index is -5.14. The Kier molecular flexibility index (Phi) is 5.59. The summed E-state index contributed by atoms with van der Waals surface area (Å²) in [5.74, 6) is -4.75. The van der Waals surface area contributed by atoms with Crippen molar-refractivity contribution in [3.8, 4) is 11.4 Å². The van der Waals surface area contributed by atoms with Gasteiger partial charge in [-0.3, -0.25) is 0 Å². The van der Waals surface area contributed by atoms with Gasteiger partial charge < -0.3 is 14.7 Å². The number of alkyl halides is 3. The summed E-state index contributed by atoms with van der Waals surface area (Å²) in [7, 11) is 0. The van der Waals surface area contributed by atoms with Gasteiger partial charge in [0.1, 0.15) is 17.6 Å². The van der Waals surface area contributed by atoms with Crippen molar-refractivity contribution < 1.29 is 31.8 Å². The Labute approximate surface area is 196 Å². The first kappa shape index (κ1) is 23.0. The summed E-state index contributed by atoms with van der Waals surface area (Å²) in [6.45, 7) is 3.19. The molecular weight excluding hydrogens is 471 g/mol. The fraction of sp³-hybridized carbons (Fsp3) is 0.250. The molecule has 1 aliphatic heterocycles. The van der Waals surface area contributed by atoms with Gasteiger partial charge in [0, 0.05) is 18.5 Å². The van der Waals surface area contributed by atoms with Gasteiger partial charge in [-0.15, -0.1) is 0 Å². The van der Waals surface area contributed by atoms with Crippen LogP contribution < -0.4 is 4.90 Å². The van der Waals surface area contributed by atoms with Crippen LogP contribution in [0.4, 0.5) is 27.8 Å². The van der Waals surface area contributed by atoms with E-state index in [4.69, 9.17) is 4.74 Å². The Bertz CT molecular complexity index is 1410. The first-order chi connectivity index (χ1) is 16.6. The molecular formula is C24H19F5N4O2. The summed E-state index contributed by atoms with van der Waals surface area (Å²) >= 11 is 0. The minimum absolute atomic E-state index is 0.164. The van der Waals surface area contributed by atoms with Gasteiger partial charge in [0.25, 0.3) is 0 Å². The number of fused-ring (bicyclic) bond motifs is 1. The molecule has 2 aromatic carbocycles. The normalized spacial score (nSPS) is 16.7. The van der Waals surface area contributed by atoms with E-state index in [9.17, 15) is 27.1 Å². The Morgan fingerprint density at radius 2 is 1.83 bits per heavy atom. The van der Waals surface area contributed by atoms with Crippen LogP contribution in [0.3, 0.4) is 0 Å². The van der Waals surface area contributed by atoms with Crippen LogP contribution in [-0.4, -0.2) is 39.6 Å². The number of anilines is 1. The molecule has 35 heavy (non-hydrogen) atoms. The number of morpholine rings is 1. The molecule has 0 saturated carbocycles. The van der Waals surface area contributed by atoms with Crippen molar-refractivity contribution in [3.05, 3.63) is 77.1 Å². The number of aromatic nitrogens is 3. The van der Waals surface area contributed by atoms with E-state index in [1.54, 1.807) is 13.0 Å². The molecule has 0 spiro atoms.